The summed E-state index contributed by atoms with van der Waals surface area (Å²) in [6.07, 6.45) is 1.55. The molecular weight excluding hydrogens is 230 g/mol. The van der Waals surface area contributed by atoms with Gasteiger partial charge in [0.2, 0.25) is 11.6 Å². The molecule has 2 heterocycles. The van der Waals surface area contributed by atoms with Gasteiger partial charge in [-0.05, 0) is 30.3 Å². The lowest BCUT2D eigenvalue weighted by Crippen LogP contribution is -1.85. The molecule has 0 saturated carbocycles. The quantitative estimate of drug-likeness (QED) is 0.746. The lowest BCUT2D eigenvalue weighted by molar-refractivity contribution is 0.415. The van der Waals surface area contributed by atoms with Gasteiger partial charge in [0.05, 0.1) is 19.0 Å². The van der Waals surface area contributed by atoms with Gasteiger partial charge in [-0.25, -0.2) is 9.97 Å². The average Bonchev–Trinajstić information content (AvgIpc) is 2.81. The SMILES string of the molecule is COc1ccc(-c2nc3cc(N)cnc3o2)cc1. The van der Waals surface area contributed by atoms with Gasteiger partial charge in [-0.3, -0.25) is 0 Å². The summed E-state index contributed by atoms with van der Waals surface area (Å²) in [5.74, 6) is 1.31. The Bertz CT molecular complexity index is 689. The summed E-state index contributed by atoms with van der Waals surface area (Å²) in [4.78, 5) is 8.43. The van der Waals surface area contributed by atoms with E-state index in [4.69, 9.17) is 14.9 Å². The first kappa shape index (κ1) is 10.6. The van der Waals surface area contributed by atoms with Crippen LogP contribution in [-0.2, 0) is 0 Å². The molecule has 0 aliphatic rings. The maximum atomic E-state index is 5.65. The molecule has 0 bridgehead atoms. The van der Waals surface area contributed by atoms with E-state index in [0.717, 1.165) is 11.3 Å². The van der Waals surface area contributed by atoms with Crippen molar-refractivity contribution in [2.45, 2.75) is 0 Å². The van der Waals surface area contributed by atoms with Crippen LogP contribution in [0.15, 0.2) is 40.9 Å². The van der Waals surface area contributed by atoms with Gasteiger partial charge >= 0.3 is 0 Å². The second kappa shape index (κ2) is 4.03. The van der Waals surface area contributed by atoms with Crippen LogP contribution >= 0.6 is 0 Å². The molecule has 0 radical (unpaired) electrons. The zero-order chi connectivity index (χ0) is 12.5. The predicted octanol–water partition coefficient (Wildman–Crippen LogP) is 2.48. The standard InChI is InChI=1S/C13H11N3O2/c1-17-10-4-2-8(3-5-10)12-16-11-6-9(14)7-15-13(11)18-12/h2-7H,14H2,1H3. The molecule has 3 rings (SSSR count). The number of anilines is 1. The Morgan fingerprint density at radius 1 is 1.22 bits per heavy atom. The Hall–Kier alpha value is -2.56. The summed E-state index contributed by atoms with van der Waals surface area (Å²) in [6.45, 7) is 0. The molecule has 0 unspecified atom stereocenters. The maximum absolute atomic E-state index is 5.65. The molecule has 5 heteroatoms. The van der Waals surface area contributed by atoms with E-state index in [0.29, 0.717) is 22.8 Å². The minimum absolute atomic E-state index is 0.481. The molecule has 0 spiro atoms. The Labute approximate surface area is 103 Å². The first-order valence-electron chi connectivity index (χ1n) is 5.43. The number of methoxy groups -OCH3 is 1. The molecule has 0 aliphatic heterocycles. The van der Waals surface area contributed by atoms with Gasteiger partial charge in [0.15, 0.2) is 0 Å². The smallest absolute Gasteiger partial charge is 0.247 e. The minimum Gasteiger partial charge on any atom is -0.497 e. The fraction of sp³-hybridized carbons (Fsp3) is 0.0769. The maximum Gasteiger partial charge on any atom is 0.247 e. The van der Waals surface area contributed by atoms with Crippen molar-refractivity contribution < 1.29 is 9.15 Å². The number of ether oxygens (including phenoxy) is 1. The molecule has 0 saturated heterocycles. The number of fused-ring (bicyclic) bond motifs is 1. The van der Waals surface area contributed by atoms with E-state index in [9.17, 15) is 0 Å². The van der Waals surface area contributed by atoms with Crippen LogP contribution in [-0.4, -0.2) is 17.1 Å². The third kappa shape index (κ3) is 1.75. The van der Waals surface area contributed by atoms with Gasteiger partial charge in [-0.1, -0.05) is 0 Å². The highest BCUT2D eigenvalue weighted by molar-refractivity contribution is 5.75. The molecule has 0 atom stereocenters. The van der Waals surface area contributed by atoms with E-state index in [-0.39, 0.29) is 0 Å². The summed E-state index contributed by atoms with van der Waals surface area (Å²) in [5.41, 5.74) is 8.22. The van der Waals surface area contributed by atoms with Crippen molar-refractivity contribution in [1.82, 2.24) is 9.97 Å². The normalized spacial score (nSPS) is 10.7. The van der Waals surface area contributed by atoms with Crippen molar-refractivity contribution in [1.29, 1.82) is 0 Å². The molecule has 3 aromatic rings. The fourth-order valence-electron chi connectivity index (χ4n) is 1.70. The summed E-state index contributed by atoms with van der Waals surface area (Å²) in [7, 11) is 1.63. The molecule has 0 amide bonds. The molecule has 90 valence electrons. The molecule has 0 fully saturated rings. The summed E-state index contributed by atoms with van der Waals surface area (Å²) in [6, 6.07) is 9.21. The molecule has 18 heavy (non-hydrogen) atoms. The Kier molecular flexibility index (Phi) is 2.37. The first-order chi connectivity index (χ1) is 8.76. The van der Waals surface area contributed by atoms with Gasteiger partial charge in [0.1, 0.15) is 11.3 Å². The van der Waals surface area contributed by atoms with Crippen LogP contribution < -0.4 is 10.5 Å². The van der Waals surface area contributed by atoms with E-state index in [1.54, 1.807) is 19.4 Å². The first-order valence-corrected chi connectivity index (χ1v) is 5.43. The number of oxazole rings is 1. The zero-order valence-corrected chi connectivity index (χ0v) is 9.75. The number of nitrogens with two attached hydrogens (primary N) is 1. The number of pyridine rings is 1. The van der Waals surface area contributed by atoms with E-state index < -0.39 is 0 Å². The lowest BCUT2D eigenvalue weighted by Gasteiger charge is -1.99. The van der Waals surface area contributed by atoms with E-state index >= 15 is 0 Å². The minimum atomic E-state index is 0.481. The van der Waals surface area contributed by atoms with Crippen molar-refractivity contribution in [3.8, 4) is 17.2 Å². The average molecular weight is 241 g/mol. The van der Waals surface area contributed by atoms with Crippen molar-refractivity contribution >= 4 is 16.9 Å². The highest BCUT2D eigenvalue weighted by Gasteiger charge is 2.09. The second-order valence-electron chi connectivity index (χ2n) is 3.84. The van der Waals surface area contributed by atoms with Crippen molar-refractivity contribution in [2.24, 2.45) is 0 Å². The Morgan fingerprint density at radius 3 is 2.72 bits per heavy atom. The van der Waals surface area contributed by atoms with Gasteiger partial charge in [0.25, 0.3) is 0 Å². The van der Waals surface area contributed by atoms with Crippen LogP contribution in [0, 0.1) is 0 Å². The molecule has 1 aromatic carbocycles. The third-order valence-electron chi connectivity index (χ3n) is 2.61. The summed E-state index contributed by atoms with van der Waals surface area (Å²) >= 11 is 0. The second-order valence-corrected chi connectivity index (χ2v) is 3.84. The Balaban J connectivity index is 2.07. The lowest BCUT2D eigenvalue weighted by atomic mass is 10.2. The van der Waals surface area contributed by atoms with Gasteiger partial charge in [-0.2, -0.15) is 0 Å². The van der Waals surface area contributed by atoms with Crippen molar-refractivity contribution in [3.63, 3.8) is 0 Å². The molecular formula is C13H11N3O2. The van der Waals surface area contributed by atoms with Crippen LogP contribution in [0.2, 0.25) is 0 Å². The van der Waals surface area contributed by atoms with Crippen molar-refractivity contribution in [2.75, 3.05) is 12.8 Å². The van der Waals surface area contributed by atoms with Gasteiger partial charge in [-0.15, -0.1) is 0 Å². The van der Waals surface area contributed by atoms with E-state index in [1.807, 2.05) is 24.3 Å². The molecule has 2 N–H and O–H groups in total. The van der Waals surface area contributed by atoms with Crippen LogP contribution in [0.3, 0.4) is 0 Å². The molecule has 5 nitrogen and oxygen atoms in total. The van der Waals surface area contributed by atoms with Gasteiger partial charge < -0.3 is 14.9 Å². The predicted molar refractivity (Wildman–Crippen MR) is 68.2 cm³/mol. The summed E-state index contributed by atoms with van der Waals surface area (Å²) in [5, 5.41) is 0. The van der Waals surface area contributed by atoms with E-state index in [2.05, 4.69) is 9.97 Å². The number of nitrogens with zero attached hydrogens (tertiary/aromatic N) is 2. The van der Waals surface area contributed by atoms with Gasteiger partial charge in [0, 0.05) is 5.56 Å². The highest BCUT2D eigenvalue weighted by Crippen LogP contribution is 2.25. The van der Waals surface area contributed by atoms with Crippen LogP contribution in [0.4, 0.5) is 5.69 Å². The fourth-order valence-corrected chi connectivity index (χ4v) is 1.70. The van der Waals surface area contributed by atoms with Crippen LogP contribution in [0.1, 0.15) is 0 Å². The number of hydrogen-bond donors (Lipinski definition) is 1. The third-order valence-corrected chi connectivity index (χ3v) is 2.61. The summed E-state index contributed by atoms with van der Waals surface area (Å²) < 4.78 is 10.7. The number of rotatable bonds is 2. The number of hydrogen-bond acceptors (Lipinski definition) is 5. The largest absolute Gasteiger partial charge is 0.497 e. The van der Waals surface area contributed by atoms with Crippen molar-refractivity contribution in [3.05, 3.63) is 36.5 Å². The zero-order valence-electron chi connectivity index (χ0n) is 9.75. The van der Waals surface area contributed by atoms with E-state index in [1.165, 1.54) is 0 Å². The van der Waals surface area contributed by atoms with Crippen LogP contribution in [0.25, 0.3) is 22.7 Å². The topological polar surface area (TPSA) is 74.2 Å². The molecule has 0 aliphatic carbocycles. The Morgan fingerprint density at radius 2 is 2.00 bits per heavy atom. The number of nitrogen functional groups attached to an aromatic ring is 1. The number of aromatic nitrogens is 2. The molecule has 2 aromatic heterocycles. The van der Waals surface area contributed by atoms with Crippen LogP contribution in [0.5, 0.6) is 5.75 Å². The highest BCUT2D eigenvalue weighted by atomic mass is 16.5. The monoisotopic (exact) mass is 241 g/mol. The number of benzene rings is 1.